The smallest absolute Gasteiger partial charge is 0.306 e. The molecule has 1 fully saturated rings. The van der Waals surface area contributed by atoms with E-state index in [2.05, 4.69) is 10.3 Å². The van der Waals surface area contributed by atoms with Crippen molar-refractivity contribution in [3.05, 3.63) is 24.4 Å². The largest absolute Gasteiger partial charge is 0.481 e. The summed E-state index contributed by atoms with van der Waals surface area (Å²) in [5.74, 6) is -0.0402. The van der Waals surface area contributed by atoms with Gasteiger partial charge in [0, 0.05) is 12.2 Å². The molecule has 1 saturated carbocycles. The Morgan fingerprint density at radius 3 is 2.86 bits per heavy atom. The first-order valence-electron chi connectivity index (χ1n) is 4.66. The maximum absolute atomic E-state index is 10.5. The van der Waals surface area contributed by atoms with Crippen LogP contribution in [-0.4, -0.2) is 22.1 Å². The van der Waals surface area contributed by atoms with Gasteiger partial charge < -0.3 is 10.4 Å². The lowest BCUT2D eigenvalue weighted by molar-refractivity contribution is -0.144. The van der Waals surface area contributed by atoms with Crippen molar-refractivity contribution < 1.29 is 9.90 Å². The van der Waals surface area contributed by atoms with E-state index in [-0.39, 0.29) is 12.0 Å². The molecule has 1 aliphatic rings. The number of anilines is 1. The lowest BCUT2D eigenvalue weighted by Crippen LogP contribution is -2.39. The number of pyridine rings is 1. The van der Waals surface area contributed by atoms with Crippen molar-refractivity contribution in [2.45, 2.75) is 18.9 Å². The average Bonchev–Trinajstić information content (AvgIpc) is 2.12. The Hall–Kier alpha value is -1.58. The molecule has 0 bridgehead atoms. The molecule has 0 atom stereocenters. The number of hydrogen-bond acceptors (Lipinski definition) is 3. The first-order chi connectivity index (χ1) is 6.75. The van der Waals surface area contributed by atoms with Gasteiger partial charge in [0.05, 0.1) is 5.92 Å². The molecule has 1 aromatic heterocycles. The summed E-state index contributed by atoms with van der Waals surface area (Å²) < 4.78 is 0. The highest BCUT2D eigenvalue weighted by Crippen LogP contribution is 2.29. The van der Waals surface area contributed by atoms with Crippen LogP contribution in [0, 0.1) is 5.92 Å². The lowest BCUT2D eigenvalue weighted by atomic mass is 9.80. The second kappa shape index (κ2) is 3.65. The number of carboxylic acids is 1. The van der Waals surface area contributed by atoms with Crippen molar-refractivity contribution in [1.82, 2.24) is 4.98 Å². The Morgan fingerprint density at radius 1 is 1.50 bits per heavy atom. The van der Waals surface area contributed by atoms with E-state index in [9.17, 15) is 4.79 Å². The molecule has 1 aliphatic carbocycles. The zero-order valence-electron chi connectivity index (χ0n) is 7.68. The molecule has 1 heterocycles. The Morgan fingerprint density at radius 2 is 2.29 bits per heavy atom. The normalized spacial score (nSPS) is 25.1. The van der Waals surface area contributed by atoms with Gasteiger partial charge in [-0.3, -0.25) is 4.79 Å². The molecule has 0 radical (unpaired) electrons. The maximum Gasteiger partial charge on any atom is 0.306 e. The fourth-order valence-electron chi connectivity index (χ4n) is 1.59. The van der Waals surface area contributed by atoms with E-state index in [1.165, 1.54) is 0 Å². The summed E-state index contributed by atoms with van der Waals surface area (Å²) in [5.41, 5.74) is 0. The van der Waals surface area contributed by atoms with Gasteiger partial charge in [-0.2, -0.15) is 0 Å². The summed E-state index contributed by atoms with van der Waals surface area (Å²) >= 11 is 0. The minimum absolute atomic E-state index is 0.170. The number of hydrogen-bond donors (Lipinski definition) is 2. The van der Waals surface area contributed by atoms with E-state index in [1.807, 2.05) is 18.2 Å². The van der Waals surface area contributed by atoms with Gasteiger partial charge in [0.15, 0.2) is 0 Å². The summed E-state index contributed by atoms with van der Waals surface area (Å²) in [7, 11) is 0. The van der Waals surface area contributed by atoms with Crippen LogP contribution in [0.2, 0.25) is 0 Å². The Labute approximate surface area is 82.0 Å². The fourth-order valence-corrected chi connectivity index (χ4v) is 1.59. The first-order valence-corrected chi connectivity index (χ1v) is 4.66. The van der Waals surface area contributed by atoms with Crippen LogP contribution in [0.5, 0.6) is 0 Å². The summed E-state index contributed by atoms with van der Waals surface area (Å²) in [6.45, 7) is 0. The SMILES string of the molecule is O=C(O)C1CC(Nc2ccccn2)C1. The summed E-state index contributed by atoms with van der Waals surface area (Å²) in [5, 5.41) is 11.9. The van der Waals surface area contributed by atoms with Gasteiger partial charge in [0.1, 0.15) is 5.82 Å². The molecule has 0 unspecified atom stereocenters. The van der Waals surface area contributed by atoms with Crippen molar-refractivity contribution >= 4 is 11.8 Å². The number of rotatable bonds is 3. The molecule has 4 nitrogen and oxygen atoms in total. The van der Waals surface area contributed by atoms with Crippen molar-refractivity contribution in [1.29, 1.82) is 0 Å². The van der Waals surface area contributed by atoms with E-state index in [0.717, 1.165) is 5.82 Å². The number of carboxylic acid groups (broad SMARTS) is 1. The van der Waals surface area contributed by atoms with E-state index in [4.69, 9.17) is 5.11 Å². The molecule has 0 aromatic carbocycles. The van der Waals surface area contributed by atoms with Crippen molar-refractivity contribution in [2.24, 2.45) is 5.92 Å². The van der Waals surface area contributed by atoms with Crippen LogP contribution in [0.4, 0.5) is 5.82 Å². The quantitative estimate of drug-likeness (QED) is 0.759. The lowest BCUT2D eigenvalue weighted by Gasteiger charge is -2.33. The first kappa shape index (κ1) is 8.99. The Balaban J connectivity index is 1.82. The van der Waals surface area contributed by atoms with Crippen LogP contribution in [0.25, 0.3) is 0 Å². The standard InChI is InChI=1S/C10H12N2O2/c13-10(14)7-5-8(6-7)12-9-3-1-2-4-11-9/h1-4,7-8H,5-6H2,(H,11,12)(H,13,14). The third kappa shape index (κ3) is 1.84. The van der Waals surface area contributed by atoms with Crippen LogP contribution >= 0.6 is 0 Å². The number of nitrogens with one attached hydrogen (secondary N) is 1. The van der Waals surface area contributed by atoms with Crippen LogP contribution in [0.1, 0.15) is 12.8 Å². The van der Waals surface area contributed by atoms with Gasteiger partial charge in [0.25, 0.3) is 0 Å². The van der Waals surface area contributed by atoms with Crippen molar-refractivity contribution in [3.63, 3.8) is 0 Å². The topological polar surface area (TPSA) is 62.2 Å². The Bertz CT molecular complexity index is 320. The van der Waals surface area contributed by atoms with E-state index in [1.54, 1.807) is 6.20 Å². The van der Waals surface area contributed by atoms with Gasteiger partial charge in [-0.25, -0.2) is 4.98 Å². The summed E-state index contributed by atoms with van der Waals surface area (Å²) in [4.78, 5) is 14.6. The third-order valence-electron chi connectivity index (χ3n) is 2.50. The van der Waals surface area contributed by atoms with Gasteiger partial charge in [-0.1, -0.05) is 6.07 Å². The van der Waals surface area contributed by atoms with Gasteiger partial charge in [-0.15, -0.1) is 0 Å². The number of nitrogens with zero attached hydrogens (tertiary/aromatic N) is 1. The number of carbonyl (C=O) groups is 1. The minimum atomic E-state index is -0.691. The fraction of sp³-hybridized carbons (Fsp3) is 0.400. The third-order valence-corrected chi connectivity index (χ3v) is 2.50. The van der Waals surface area contributed by atoms with Gasteiger partial charge in [0.2, 0.25) is 0 Å². The number of aromatic nitrogens is 1. The average molecular weight is 192 g/mol. The molecule has 2 N–H and O–H groups in total. The van der Waals surface area contributed by atoms with E-state index in [0.29, 0.717) is 12.8 Å². The maximum atomic E-state index is 10.5. The van der Waals surface area contributed by atoms with Gasteiger partial charge in [-0.05, 0) is 25.0 Å². The van der Waals surface area contributed by atoms with Crippen LogP contribution < -0.4 is 5.32 Å². The van der Waals surface area contributed by atoms with Crippen LogP contribution in [-0.2, 0) is 4.79 Å². The molecule has 4 heteroatoms. The molecule has 0 saturated heterocycles. The molecule has 0 spiro atoms. The molecule has 74 valence electrons. The van der Waals surface area contributed by atoms with E-state index < -0.39 is 5.97 Å². The molecule has 1 aromatic rings. The molecule has 2 rings (SSSR count). The highest BCUT2D eigenvalue weighted by Gasteiger charge is 2.34. The monoisotopic (exact) mass is 192 g/mol. The second-order valence-electron chi connectivity index (χ2n) is 3.56. The van der Waals surface area contributed by atoms with Gasteiger partial charge >= 0.3 is 5.97 Å². The molecular formula is C10H12N2O2. The predicted octanol–water partition coefficient (Wildman–Crippen LogP) is 1.36. The Kier molecular flexibility index (Phi) is 2.35. The summed E-state index contributed by atoms with van der Waals surface area (Å²) in [6, 6.07) is 5.91. The predicted molar refractivity (Wildman–Crippen MR) is 52.0 cm³/mol. The van der Waals surface area contributed by atoms with E-state index >= 15 is 0 Å². The van der Waals surface area contributed by atoms with Crippen molar-refractivity contribution in [3.8, 4) is 0 Å². The van der Waals surface area contributed by atoms with Crippen LogP contribution in [0.15, 0.2) is 24.4 Å². The molecule has 0 amide bonds. The molecule has 14 heavy (non-hydrogen) atoms. The molecule has 0 aliphatic heterocycles. The highest BCUT2D eigenvalue weighted by molar-refractivity contribution is 5.71. The summed E-state index contributed by atoms with van der Waals surface area (Å²) in [6.07, 6.45) is 3.12. The number of aliphatic carboxylic acids is 1. The zero-order valence-corrected chi connectivity index (χ0v) is 7.68. The minimum Gasteiger partial charge on any atom is -0.481 e. The van der Waals surface area contributed by atoms with Crippen molar-refractivity contribution in [2.75, 3.05) is 5.32 Å². The molecular weight excluding hydrogens is 180 g/mol. The van der Waals surface area contributed by atoms with Crippen LogP contribution in [0.3, 0.4) is 0 Å². The zero-order chi connectivity index (χ0) is 9.97. The highest BCUT2D eigenvalue weighted by atomic mass is 16.4. The second-order valence-corrected chi connectivity index (χ2v) is 3.56.